The van der Waals surface area contributed by atoms with Gasteiger partial charge >= 0.3 is 0 Å². The van der Waals surface area contributed by atoms with Crippen LogP contribution in [0.1, 0.15) is 22.9 Å². The molecule has 8 aromatic rings. The first kappa shape index (κ1) is 23.7. The van der Waals surface area contributed by atoms with Crippen LogP contribution in [0.3, 0.4) is 0 Å². The van der Waals surface area contributed by atoms with Crippen molar-refractivity contribution in [3.8, 4) is 0 Å². The van der Waals surface area contributed by atoms with Gasteiger partial charge in [0.2, 0.25) is 5.13 Å². The van der Waals surface area contributed by atoms with Crippen LogP contribution in [-0.2, 0) is 5.54 Å². The third kappa shape index (κ3) is 3.25. The first-order valence-electron chi connectivity index (χ1n) is 13.3. The summed E-state index contributed by atoms with van der Waals surface area (Å²) >= 11 is 1.46. The van der Waals surface area contributed by atoms with Gasteiger partial charge < -0.3 is 19.0 Å². The number of rotatable bonds is 6. The Morgan fingerprint density at radius 2 is 1.88 bits per heavy atom. The fourth-order valence-electron chi connectivity index (χ4n) is 5.90. The van der Waals surface area contributed by atoms with E-state index in [1.54, 1.807) is 18.5 Å². The number of para-hydroxylation sites is 3. The zero-order valence-corrected chi connectivity index (χ0v) is 22.9. The number of nitrogens with zero attached hydrogens (tertiary/aromatic N) is 8. The Bertz CT molecular complexity index is 2150. The minimum absolute atomic E-state index is 0.489. The van der Waals surface area contributed by atoms with Crippen LogP contribution in [0.25, 0.3) is 33.3 Å². The van der Waals surface area contributed by atoms with Gasteiger partial charge in [-0.15, -0.1) is 11.3 Å². The van der Waals surface area contributed by atoms with Crippen molar-refractivity contribution in [2.75, 3.05) is 10.0 Å². The summed E-state index contributed by atoms with van der Waals surface area (Å²) in [5, 5.41) is 28.2. The van der Waals surface area contributed by atoms with E-state index in [4.69, 9.17) is 24.1 Å². The van der Waals surface area contributed by atoms with Gasteiger partial charge in [0.05, 0.1) is 33.9 Å². The molecular formula is C29H19N11O2S. The summed E-state index contributed by atoms with van der Waals surface area (Å²) in [4.78, 5) is 17.0. The van der Waals surface area contributed by atoms with Gasteiger partial charge in [0, 0.05) is 23.8 Å². The van der Waals surface area contributed by atoms with Crippen molar-refractivity contribution in [2.24, 2.45) is 0 Å². The number of hydrogen-bond donors (Lipinski definition) is 3. The number of aromatic amines is 3. The molecule has 13 nitrogen and oxygen atoms in total. The molecule has 3 N–H and O–H groups in total. The Labute approximate surface area is 245 Å². The molecule has 208 valence electrons. The maximum atomic E-state index is 5.89. The molecule has 0 bridgehead atoms. The lowest BCUT2D eigenvalue weighted by Gasteiger charge is -2.40. The number of hydrazine groups is 1. The number of hydrogen-bond acceptors (Lipinski definition) is 11. The summed E-state index contributed by atoms with van der Waals surface area (Å²) in [7, 11) is 0. The molecule has 1 unspecified atom stereocenters. The molecule has 43 heavy (non-hydrogen) atoms. The van der Waals surface area contributed by atoms with Crippen LogP contribution in [0.2, 0.25) is 0 Å². The van der Waals surface area contributed by atoms with Crippen molar-refractivity contribution in [3.05, 3.63) is 120 Å². The van der Waals surface area contributed by atoms with Crippen LogP contribution in [0.4, 0.5) is 10.9 Å². The lowest BCUT2D eigenvalue weighted by Crippen LogP contribution is -2.52. The highest BCUT2D eigenvalue weighted by Crippen LogP contribution is 2.58. The maximum absolute atomic E-state index is 5.89. The van der Waals surface area contributed by atoms with Gasteiger partial charge in [0.15, 0.2) is 16.9 Å². The van der Waals surface area contributed by atoms with E-state index >= 15 is 0 Å². The van der Waals surface area contributed by atoms with Crippen LogP contribution >= 0.6 is 11.3 Å². The largest absolute Gasteiger partial charge is 0.363 e. The molecule has 0 fully saturated rings. The van der Waals surface area contributed by atoms with Crippen LogP contribution in [0, 0.1) is 0 Å². The SMILES string of the molecule is c1c[nH]c(C2(c3cn[nH]n3)C(c3nc4ccccc4[nH]3)=C(c3noc4ccccc34)N(c3ccon3)N2c2nccs2)c1. The molecule has 1 aliphatic heterocycles. The molecule has 0 amide bonds. The first-order chi connectivity index (χ1) is 21.3. The number of thiazole rings is 1. The van der Waals surface area contributed by atoms with Crippen molar-refractivity contribution >= 4 is 55.6 Å². The molecule has 0 spiro atoms. The van der Waals surface area contributed by atoms with Crippen molar-refractivity contribution in [1.82, 2.24) is 45.7 Å². The molecule has 0 saturated carbocycles. The highest BCUT2D eigenvalue weighted by molar-refractivity contribution is 7.13. The van der Waals surface area contributed by atoms with Crippen LogP contribution in [0.5, 0.6) is 0 Å². The highest BCUT2D eigenvalue weighted by Gasteiger charge is 2.60. The van der Waals surface area contributed by atoms with Gasteiger partial charge in [0.25, 0.3) is 0 Å². The summed E-state index contributed by atoms with van der Waals surface area (Å²) in [6.45, 7) is 0. The van der Waals surface area contributed by atoms with E-state index < -0.39 is 5.54 Å². The second kappa shape index (κ2) is 8.99. The molecular weight excluding hydrogens is 566 g/mol. The van der Waals surface area contributed by atoms with E-state index in [1.165, 1.54) is 17.6 Å². The van der Waals surface area contributed by atoms with Gasteiger partial charge in [-0.05, 0) is 36.4 Å². The number of benzene rings is 2. The first-order valence-corrected chi connectivity index (χ1v) is 14.2. The molecule has 6 aromatic heterocycles. The van der Waals surface area contributed by atoms with E-state index in [0.717, 1.165) is 27.7 Å². The smallest absolute Gasteiger partial charge is 0.206 e. The average Bonchev–Trinajstić information content (AvgIpc) is 3.89. The summed E-state index contributed by atoms with van der Waals surface area (Å²) < 4.78 is 11.3. The fourth-order valence-corrected chi connectivity index (χ4v) is 6.58. The summed E-state index contributed by atoms with van der Waals surface area (Å²) in [5.41, 5.74) is 4.40. The zero-order chi connectivity index (χ0) is 28.4. The third-order valence-electron chi connectivity index (χ3n) is 7.57. The van der Waals surface area contributed by atoms with E-state index in [9.17, 15) is 0 Å². The predicted octanol–water partition coefficient (Wildman–Crippen LogP) is 5.35. The van der Waals surface area contributed by atoms with Gasteiger partial charge in [-0.25, -0.2) is 20.0 Å². The number of aromatic nitrogens is 9. The Morgan fingerprint density at radius 1 is 0.953 bits per heavy atom. The molecule has 1 atom stereocenters. The molecule has 0 aliphatic carbocycles. The van der Waals surface area contributed by atoms with Crippen LogP contribution in [0.15, 0.2) is 106 Å². The van der Waals surface area contributed by atoms with Gasteiger partial charge in [-0.1, -0.05) is 34.6 Å². The van der Waals surface area contributed by atoms with Crippen molar-refractivity contribution in [2.45, 2.75) is 5.54 Å². The number of nitrogens with one attached hydrogen (secondary N) is 3. The molecule has 2 aromatic carbocycles. The second-order valence-electron chi connectivity index (χ2n) is 9.80. The number of imidazole rings is 1. The molecule has 7 heterocycles. The minimum atomic E-state index is -1.21. The van der Waals surface area contributed by atoms with E-state index in [2.05, 4.69) is 30.6 Å². The number of anilines is 2. The van der Waals surface area contributed by atoms with Gasteiger partial charge in [-0.3, -0.25) is 0 Å². The topological polar surface area (TPSA) is 157 Å². The van der Waals surface area contributed by atoms with E-state index in [1.807, 2.05) is 82.3 Å². The summed E-state index contributed by atoms with van der Waals surface area (Å²) in [6, 6.07) is 21.3. The average molecular weight is 586 g/mol. The number of fused-ring (bicyclic) bond motifs is 2. The molecule has 0 radical (unpaired) electrons. The standard InChI is InChI=1S/C29H19N11O2S/c1-4-9-20-17(6-1)25(37-42-20)26-24(27-33-18-7-2-3-8-19(18)34-27)29(21-10-5-12-30-21,22-16-32-38-35-22)40(28-31-13-15-43-28)39(26)23-11-14-41-36-23/h1-16,30H,(H,33,34)(H,32,35,38). The van der Waals surface area contributed by atoms with Crippen molar-refractivity contribution < 1.29 is 9.05 Å². The van der Waals surface area contributed by atoms with Crippen LogP contribution < -0.4 is 10.0 Å². The van der Waals surface area contributed by atoms with Gasteiger partial charge in [-0.2, -0.15) is 15.4 Å². The van der Waals surface area contributed by atoms with Crippen LogP contribution in [-0.4, -0.2) is 45.7 Å². The highest BCUT2D eigenvalue weighted by atomic mass is 32.1. The Morgan fingerprint density at radius 3 is 2.67 bits per heavy atom. The second-order valence-corrected chi connectivity index (χ2v) is 10.7. The normalized spacial score (nSPS) is 17.2. The van der Waals surface area contributed by atoms with Crippen molar-refractivity contribution in [3.63, 3.8) is 0 Å². The lowest BCUT2D eigenvalue weighted by molar-refractivity contribution is 0.419. The van der Waals surface area contributed by atoms with Crippen molar-refractivity contribution in [1.29, 1.82) is 0 Å². The predicted molar refractivity (Wildman–Crippen MR) is 158 cm³/mol. The number of H-pyrrole nitrogens is 3. The Balaban J connectivity index is 1.51. The zero-order valence-electron chi connectivity index (χ0n) is 22.0. The maximum Gasteiger partial charge on any atom is 0.206 e. The van der Waals surface area contributed by atoms with E-state index in [-0.39, 0.29) is 0 Å². The molecule has 9 rings (SSSR count). The minimum Gasteiger partial charge on any atom is -0.363 e. The fraction of sp³-hybridized carbons (Fsp3) is 0.0345. The van der Waals surface area contributed by atoms with Gasteiger partial charge in [0.1, 0.15) is 29.2 Å². The van der Waals surface area contributed by atoms with E-state index in [0.29, 0.717) is 39.4 Å². The third-order valence-corrected chi connectivity index (χ3v) is 8.32. The summed E-state index contributed by atoms with van der Waals surface area (Å²) in [6.07, 6.45) is 6.86. The monoisotopic (exact) mass is 585 g/mol. The summed E-state index contributed by atoms with van der Waals surface area (Å²) in [5.74, 6) is 1.08. The Kier molecular flexibility index (Phi) is 4.95. The quantitative estimate of drug-likeness (QED) is 0.232. The molecule has 0 saturated heterocycles. The Hall–Kier alpha value is -6.02. The molecule has 14 heteroatoms. The lowest BCUT2D eigenvalue weighted by atomic mass is 9.82. The molecule has 1 aliphatic rings.